The number of nitrogens with zero attached hydrogens (tertiary/aromatic N) is 2. The minimum Gasteiger partial charge on any atom is -0.508 e. The molecule has 1 aliphatic rings. The van der Waals surface area contributed by atoms with E-state index in [0.29, 0.717) is 10.4 Å². The first-order valence-corrected chi connectivity index (χ1v) is 8.97. The van der Waals surface area contributed by atoms with Gasteiger partial charge >= 0.3 is 0 Å². The maximum atomic E-state index is 12.9. The van der Waals surface area contributed by atoms with Crippen LogP contribution in [0.4, 0.5) is 5.69 Å². The Morgan fingerprint density at radius 1 is 1.07 bits per heavy atom. The predicted molar refractivity (Wildman–Crippen MR) is 104 cm³/mol. The molecule has 0 spiro atoms. The van der Waals surface area contributed by atoms with Crippen LogP contribution >= 0.6 is 15.9 Å². The van der Waals surface area contributed by atoms with E-state index in [1.807, 2.05) is 0 Å². The number of benzene rings is 3. The van der Waals surface area contributed by atoms with Crippen LogP contribution in [0.3, 0.4) is 0 Å². The Balaban J connectivity index is 1.82. The zero-order chi connectivity index (χ0) is 20.9. The van der Waals surface area contributed by atoms with E-state index < -0.39 is 22.6 Å². The molecule has 0 atom stereocenters. The Morgan fingerprint density at radius 3 is 2.38 bits per heavy atom. The van der Waals surface area contributed by atoms with Crippen LogP contribution in [0.25, 0.3) is 10.8 Å². The van der Waals surface area contributed by atoms with Crippen molar-refractivity contribution < 1.29 is 24.4 Å². The number of phenols is 1. The van der Waals surface area contributed by atoms with E-state index >= 15 is 0 Å². The number of aromatic hydroxyl groups is 1. The van der Waals surface area contributed by atoms with Crippen LogP contribution in [0.1, 0.15) is 31.1 Å². The third kappa shape index (κ3) is 2.90. The number of hydrazine groups is 1. The number of imide groups is 1. The zero-order valence-corrected chi connectivity index (χ0v) is 16.0. The number of nitro benzene ring substituents is 1. The SMILES string of the molecule is O=C(NN1C(=O)c2cccc3c(Br)c([N+](=O)[O-])cc(c23)C1=O)c1ccc(O)cc1. The fraction of sp³-hybridized carbons (Fsp3) is 0. The molecule has 3 aromatic rings. The van der Waals surface area contributed by atoms with Crippen LogP contribution in [0.15, 0.2) is 53.0 Å². The third-order valence-electron chi connectivity index (χ3n) is 4.48. The number of phenolic OH excluding ortho intramolecular Hbond substituents is 1. The van der Waals surface area contributed by atoms with E-state index in [-0.39, 0.29) is 38.0 Å². The molecule has 3 amide bonds. The molecule has 1 aliphatic heterocycles. The fourth-order valence-electron chi connectivity index (χ4n) is 3.13. The van der Waals surface area contributed by atoms with Crippen molar-refractivity contribution in [3.05, 3.63) is 79.8 Å². The Bertz CT molecular complexity index is 1240. The summed E-state index contributed by atoms with van der Waals surface area (Å²) in [6.45, 7) is 0. The Kier molecular flexibility index (Phi) is 4.27. The van der Waals surface area contributed by atoms with Crippen LogP contribution in [-0.2, 0) is 0 Å². The molecule has 10 heteroatoms. The molecular formula is C19H10BrN3O6. The molecule has 0 aromatic heterocycles. The average Bonchev–Trinajstić information content (AvgIpc) is 2.70. The Hall–Kier alpha value is -3.79. The molecule has 0 fully saturated rings. The normalized spacial score (nSPS) is 12.9. The lowest BCUT2D eigenvalue weighted by Crippen LogP contribution is -2.51. The largest absolute Gasteiger partial charge is 0.508 e. The second kappa shape index (κ2) is 6.67. The number of nitrogens with one attached hydrogen (secondary N) is 1. The molecule has 0 aliphatic carbocycles. The van der Waals surface area contributed by atoms with Crippen LogP contribution in [0.2, 0.25) is 0 Å². The van der Waals surface area contributed by atoms with Crippen LogP contribution in [0.5, 0.6) is 5.75 Å². The standard InChI is InChI=1S/C19H10BrN3O6/c20-16-11-2-1-3-12-15(11)13(8-14(16)23(28)29)19(27)22(18(12)26)21-17(25)9-4-6-10(24)7-5-9/h1-8,24H,(H,21,25). The van der Waals surface area contributed by atoms with Crippen molar-refractivity contribution in [3.63, 3.8) is 0 Å². The first-order chi connectivity index (χ1) is 13.8. The van der Waals surface area contributed by atoms with Gasteiger partial charge in [-0.2, -0.15) is 5.01 Å². The topological polar surface area (TPSA) is 130 Å². The lowest BCUT2D eigenvalue weighted by Gasteiger charge is -2.27. The summed E-state index contributed by atoms with van der Waals surface area (Å²) in [6, 6.07) is 10.8. The monoisotopic (exact) mass is 455 g/mol. The summed E-state index contributed by atoms with van der Waals surface area (Å²) in [6.07, 6.45) is 0. The van der Waals surface area contributed by atoms with E-state index in [9.17, 15) is 29.6 Å². The first-order valence-electron chi connectivity index (χ1n) is 8.18. The molecule has 3 aromatic carbocycles. The van der Waals surface area contributed by atoms with Gasteiger partial charge < -0.3 is 5.11 Å². The number of carbonyl (C=O) groups excluding carboxylic acids is 3. The average molecular weight is 456 g/mol. The lowest BCUT2D eigenvalue weighted by molar-refractivity contribution is -0.385. The highest BCUT2D eigenvalue weighted by Crippen LogP contribution is 2.39. The third-order valence-corrected chi connectivity index (χ3v) is 5.32. The van der Waals surface area contributed by atoms with E-state index in [0.717, 1.165) is 6.07 Å². The Labute approximate surface area is 170 Å². The van der Waals surface area contributed by atoms with Gasteiger partial charge in [-0.25, -0.2) is 0 Å². The molecule has 0 bridgehead atoms. The number of hydrogen-bond acceptors (Lipinski definition) is 6. The first kappa shape index (κ1) is 18.6. The minimum atomic E-state index is -0.888. The van der Waals surface area contributed by atoms with E-state index in [2.05, 4.69) is 21.4 Å². The van der Waals surface area contributed by atoms with Gasteiger partial charge in [0.1, 0.15) is 10.2 Å². The van der Waals surface area contributed by atoms with Crippen molar-refractivity contribution >= 4 is 50.1 Å². The smallest absolute Gasteiger partial charge is 0.284 e. The summed E-state index contributed by atoms with van der Waals surface area (Å²) in [4.78, 5) is 49.0. The maximum absolute atomic E-state index is 12.9. The van der Waals surface area contributed by atoms with Crippen LogP contribution in [0, 0.1) is 10.1 Å². The molecule has 29 heavy (non-hydrogen) atoms. The predicted octanol–water partition coefficient (Wildman–Crippen LogP) is 3.16. The molecule has 144 valence electrons. The molecule has 1 heterocycles. The maximum Gasteiger partial charge on any atom is 0.284 e. The summed E-state index contributed by atoms with van der Waals surface area (Å²) >= 11 is 3.17. The van der Waals surface area contributed by atoms with Crippen molar-refractivity contribution in [2.75, 3.05) is 0 Å². The van der Waals surface area contributed by atoms with Gasteiger partial charge in [0.05, 0.1) is 16.1 Å². The van der Waals surface area contributed by atoms with Crippen LogP contribution in [-0.4, -0.2) is 32.8 Å². The molecular weight excluding hydrogens is 446 g/mol. The highest BCUT2D eigenvalue weighted by molar-refractivity contribution is 9.10. The molecule has 0 unspecified atom stereocenters. The number of halogens is 1. The summed E-state index contributed by atoms with van der Waals surface area (Å²) in [5, 5.41) is 21.8. The number of rotatable bonds is 3. The highest BCUT2D eigenvalue weighted by Gasteiger charge is 2.37. The van der Waals surface area contributed by atoms with Gasteiger partial charge in [-0.1, -0.05) is 12.1 Å². The van der Waals surface area contributed by atoms with E-state index in [4.69, 9.17) is 0 Å². The van der Waals surface area contributed by atoms with Gasteiger partial charge in [0.25, 0.3) is 23.4 Å². The molecule has 0 saturated carbocycles. The fourth-order valence-corrected chi connectivity index (χ4v) is 3.72. The van der Waals surface area contributed by atoms with Gasteiger partial charge in [0.15, 0.2) is 0 Å². The van der Waals surface area contributed by atoms with Gasteiger partial charge in [-0.15, -0.1) is 0 Å². The summed E-state index contributed by atoms with van der Waals surface area (Å²) in [5.41, 5.74) is 2.05. The van der Waals surface area contributed by atoms with Crippen molar-refractivity contribution in [2.45, 2.75) is 0 Å². The number of nitro groups is 1. The summed E-state index contributed by atoms with van der Waals surface area (Å²) in [5.74, 6) is -2.46. The quantitative estimate of drug-likeness (QED) is 0.354. The highest BCUT2D eigenvalue weighted by atomic mass is 79.9. The zero-order valence-electron chi connectivity index (χ0n) is 14.4. The van der Waals surface area contributed by atoms with Gasteiger partial charge in [-0.3, -0.25) is 29.9 Å². The van der Waals surface area contributed by atoms with Gasteiger partial charge in [0, 0.05) is 22.4 Å². The second-order valence-corrected chi connectivity index (χ2v) is 6.97. The van der Waals surface area contributed by atoms with Crippen molar-refractivity contribution in [2.24, 2.45) is 0 Å². The molecule has 2 N–H and O–H groups in total. The van der Waals surface area contributed by atoms with Crippen molar-refractivity contribution in [1.82, 2.24) is 10.4 Å². The molecule has 0 saturated heterocycles. The Morgan fingerprint density at radius 2 is 1.72 bits per heavy atom. The van der Waals surface area contributed by atoms with Crippen molar-refractivity contribution in [3.8, 4) is 5.75 Å². The van der Waals surface area contributed by atoms with Crippen LogP contribution < -0.4 is 5.43 Å². The molecule has 0 radical (unpaired) electrons. The molecule has 4 rings (SSSR count). The summed E-state index contributed by atoms with van der Waals surface area (Å²) < 4.78 is 0.158. The van der Waals surface area contributed by atoms with Gasteiger partial charge in [-0.05, 0) is 46.3 Å². The number of hydrogen-bond donors (Lipinski definition) is 2. The molecule has 9 nitrogen and oxygen atoms in total. The summed E-state index contributed by atoms with van der Waals surface area (Å²) in [7, 11) is 0. The number of amides is 3. The van der Waals surface area contributed by atoms with E-state index in [1.165, 1.54) is 36.4 Å². The lowest BCUT2D eigenvalue weighted by atomic mass is 9.94. The van der Waals surface area contributed by atoms with Gasteiger partial charge in [0.2, 0.25) is 0 Å². The van der Waals surface area contributed by atoms with Crippen molar-refractivity contribution in [1.29, 1.82) is 0 Å². The number of carbonyl (C=O) groups is 3. The minimum absolute atomic E-state index is 0.0508. The second-order valence-electron chi connectivity index (χ2n) is 6.18. The van der Waals surface area contributed by atoms with E-state index in [1.54, 1.807) is 6.07 Å².